The van der Waals surface area contributed by atoms with Crippen LogP contribution in [0.3, 0.4) is 0 Å². The first kappa shape index (κ1) is 28.1. The molecule has 0 radical (unpaired) electrons. The fourth-order valence-corrected chi connectivity index (χ4v) is 5.36. The van der Waals surface area contributed by atoms with Crippen molar-refractivity contribution in [3.63, 3.8) is 0 Å². The monoisotopic (exact) mass is 535 g/mol. The minimum Gasteiger partial charge on any atom is -0.375 e. The average molecular weight is 536 g/mol. The summed E-state index contributed by atoms with van der Waals surface area (Å²) >= 11 is 0. The number of nitrogens with zero attached hydrogens (tertiary/aromatic N) is 3. The molecule has 8 nitrogen and oxygen atoms in total. The molecule has 2 aromatic rings. The van der Waals surface area contributed by atoms with Crippen LogP contribution in [-0.4, -0.2) is 70.9 Å². The second-order valence-corrected chi connectivity index (χ2v) is 10.2. The van der Waals surface area contributed by atoms with Crippen molar-refractivity contribution in [1.29, 1.82) is 0 Å². The lowest BCUT2D eigenvalue weighted by molar-refractivity contribution is -0.137. The topological polar surface area (TPSA) is 88.5 Å². The van der Waals surface area contributed by atoms with Crippen LogP contribution >= 0.6 is 0 Å². The van der Waals surface area contributed by atoms with Crippen LogP contribution in [0.4, 0.5) is 13.2 Å². The molecule has 2 heterocycles. The lowest BCUT2D eigenvalue weighted by Crippen LogP contribution is -2.48. The highest BCUT2D eigenvalue weighted by Crippen LogP contribution is 2.33. The van der Waals surface area contributed by atoms with Gasteiger partial charge in [0.25, 0.3) is 5.91 Å². The van der Waals surface area contributed by atoms with Gasteiger partial charge in [-0.25, -0.2) is 0 Å². The number of benzene rings is 1. The lowest BCUT2D eigenvalue weighted by Gasteiger charge is -2.34. The average Bonchev–Trinajstić information content (AvgIpc) is 3.51. The maximum absolute atomic E-state index is 12.9. The van der Waals surface area contributed by atoms with Crippen molar-refractivity contribution in [2.24, 2.45) is 0 Å². The van der Waals surface area contributed by atoms with Crippen molar-refractivity contribution in [2.45, 2.75) is 76.4 Å². The quantitative estimate of drug-likeness (QED) is 0.511. The predicted molar refractivity (Wildman–Crippen MR) is 136 cm³/mol. The number of ether oxygens (including phenoxy) is 1. The molecule has 0 unspecified atom stereocenters. The van der Waals surface area contributed by atoms with Gasteiger partial charge in [-0.1, -0.05) is 13.0 Å². The van der Waals surface area contributed by atoms with Gasteiger partial charge in [0, 0.05) is 37.5 Å². The molecular weight excluding hydrogens is 499 g/mol. The van der Waals surface area contributed by atoms with E-state index >= 15 is 0 Å². The molecule has 2 N–H and O–H groups in total. The number of hydrogen-bond acceptors (Lipinski definition) is 5. The Kier molecular flexibility index (Phi) is 9.09. The Morgan fingerprint density at radius 3 is 2.50 bits per heavy atom. The van der Waals surface area contributed by atoms with Crippen LogP contribution in [0.5, 0.6) is 0 Å². The molecule has 38 heavy (non-hydrogen) atoms. The van der Waals surface area contributed by atoms with Crippen LogP contribution in [0.1, 0.15) is 66.7 Å². The Hall–Kier alpha value is -2.92. The van der Waals surface area contributed by atoms with Gasteiger partial charge in [-0.2, -0.15) is 18.3 Å². The minimum atomic E-state index is -4.55. The van der Waals surface area contributed by atoms with E-state index in [-0.39, 0.29) is 24.3 Å². The third kappa shape index (κ3) is 7.13. The number of nitrogens with one attached hydrogen (secondary N) is 2. The van der Waals surface area contributed by atoms with E-state index in [4.69, 9.17) is 4.74 Å². The fourth-order valence-electron chi connectivity index (χ4n) is 5.36. The van der Waals surface area contributed by atoms with Crippen LogP contribution in [-0.2, 0) is 15.7 Å². The van der Waals surface area contributed by atoms with Gasteiger partial charge in [-0.3, -0.25) is 19.2 Å². The van der Waals surface area contributed by atoms with Crippen molar-refractivity contribution in [1.82, 2.24) is 25.3 Å². The molecule has 11 heteroatoms. The molecule has 1 saturated heterocycles. The third-order valence-corrected chi connectivity index (χ3v) is 7.34. The molecule has 4 rings (SSSR count). The molecule has 2 aliphatic rings. The molecular formula is C27H36F3N5O3. The summed E-state index contributed by atoms with van der Waals surface area (Å²) in [6, 6.07) is 6.74. The van der Waals surface area contributed by atoms with E-state index in [0.29, 0.717) is 25.2 Å². The number of carbonyl (C=O) groups excluding carboxylic acids is 2. The van der Waals surface area contributed by atoms with E-state index in [1.54, 1.807) is 0 Å². The molecule has 1 saturated carbocycles. The molecule has 1 aromatic carbocycles. The van der Waals surface area contributed by atoms with Crippen molar-refractivity contribution in [3.8, 4) is 0 Å². The van der Waals surface area contributed by atoms with Crippen LogP contribution in [0, 0.1) is 6.92 Å². The van der Waals surface area contributed by atoms with Crippen LogP contribution in [0.2, 0.25) is 0 Å². The molecule has 1 aliphatic carbocycles. The van der Waals surface area contributed by atoms with Crippen molar-refractivity contribution in [3.05, 3.63) is 53.3 Å². The van der Waals surface area contributed by atoms with E-state index in [2.05, 4.69) is 25.3 Å². The number of aryl methyl sites for hydroxylation is 1. The Bertz CT molecular complexity index is 1100. The van der Waals surface area contributed by atoms with Crippen molar-refractivity contribution < 1.29 is 27.5 Å². The molecule has 208 valence electrons. The zero-order valence-corrected chi connectivity index (χ0v) is 21.8. The smallest absolute Gasteiger partial charge is 0.375 e. The number of rotatable bonds is 9. The number of likely N-dealkylation sites (tertiary alicyclic amines) is 1. The number of alkyl halides is 3. The highest BCUT2D eigenvalue weighted by atomic mass is 19.4. The maximum Gasteiger partial charge on any atom is 0.416 e. The number of amides is 2. The molecule has 2 amide bonds. The van der Waals surface area contributed by atoms with E-state index in [0.717, 1.165) is 56.5 Å². The SMILES string of the molecule is CCCO[C@@H]1CN(C2CCC(n3ccc(C)n3)CC2)C[C@@H]1NC(=O)CNC(=O)c1cccc(C(F)(F)F)c1. The zero-order valence-electron chi connectivity index (χ0n) is 21.8. The molecule has 0 spiro atoms. The summed E-state index contributed by atoms with van der Waals surface area (Å²) in [4.78, 5) is 27.4. The Labute approximate surface area is 220 Å². The Balaban J connectivity index is 1.29. The van der Waals surface area contributed by atoms with Gasteiger partial charge < -0.3 is 15.4 Å². The number of halogens is 3. The second kappa shape index (κ2) is 12.3. The first-order chi connectivity index (χ1) is 18.1. The first-order valence-electron chi connectivity index (χ1n) is 13.3. The van der Waals surface area contributed by atoms with Gasteiger partial charge in [0.2, 0.25) is 5.91 Å². The second-order valence-electron chi connectivity index (χ2n) is 10.2. The Morgan fingerprint density at radius 2 is 1.84 bits per heavy atom. The summed E-state index contributed by atoms with van der Waals surface area (Å²) in [6.45, 7) is 5.65. The fraction of sp³-hybridized carbons (Fsp3) is 0.593. The highest BCUT2D eigenvalue weighted by molar-refractivity contribution is 5.96. The summed E-state index contributed by atoms with van der Waals surface area (Å²) in [7, 11) is 0. The van der Waals surface area contributed by atoms with Crippen LogP contribution in [0.15, 0.2) is 36.5 Å². The molecule has 0 bridgehead atoms. The zero-order chi connectivity index (χ0) is 27.3. The molecule has 1 aliphatic heterocycles. The molecule has 2 atom stereocenters. The highest BCUT2D eigenvalue weighted by Gasteiger charge is 2.39. The van der Waals surface area contributed by atoms with Crippen molar-refractivity contribution >= 4 is 11.8 Å². The van der Waals surface area contributed by atoms with Gasteiger partial charge in [-0.05, 0) is 63.3 Å². The lowest BCUT2D eigenvalue weighted by atomic mass is 9.90. The summed E-state index contributed by atoms with van der Waals surface area (Å²) in [6.07, 6.45) is 2.36. The van der Waals surface area contributed by atoms with Crippen molar-refractivity contribution in [2.75, 3.05) is 26.2 Å². The summed E-state index contributed by atoms with van der Waals surface area (Å²) in [5.41, 5.74) is -0.0396. The van der Waals surface area contributed by atoms with E-state index in [1.165, 1.54) is 12.1 Å². The number of carbonyl (C=O) groups is 2. The maximum atomic E-state index is 12.9. The van der Waals surface area contributed by atoms with E-state index < -0.39 is 23.6 Å². The van der Waals surface area contributed by atoms with Gasteiger partial charge in [-0.15, -0.1) is 0 Å². The molecule has 1 aromatic heterocycles. The predicted octanol–water partition coefficient (Wildman–Crippen LogP) is 3.72. The van der Waals surface area contributed by atoms with Crippen LogP contribution in [0.25, 0.3) is 0 Å². The van der Waals surface area contributed by atoms with E-state index in [1.807, 2.05) is 26.1 Å². The standard InChI is InChI=1S/C27H36F3N5O3/c1-3-13-38-24-17-34(21-7-9-22(10-8-21)35-12-11-18(2)33-35)16-23(24)32-25(36)15-31-26(37)19-5-4-6-20(14-19)27(28,29)30/h4-6,11-12,14,21-24H,3,7-10,13,15-17H2,1-2H3,(H,31,37)(H,32,36)/t21?,22?,23-,24+/m0/s1. The number of hydrogen-bond donors (Lipinski definition) is 2. The summed E-state index contributed by atoms with van der Waals surface area (Å²) in [5.74, 6) is -1.14. The summed E-state index contributed by atoms with van der Waals surface area (Å²) in [5, 5.41) is 9.96. The minimum absolute atomic E-state index is 0.148. The van der Waals surface area contributed by atoms with Gasteiger partial charge in [0.05, 0.1) is 36.0 Å². The van der Waals surface area contributed by atoms with Gasteiger partial charge in [0.15, 0.2) is 0 Å². The molecule has 2 fully saturated rings. The first-order valence-corrected chi connectivity index (χ1v) is 13.3. The largest absolute Gasteiger partial charge is 0.416 e. The third-order valence-electron chi connectivity index (χ3n) is 7.34. The number of aromatic nitrogens is 2. The normalized spacial score (nSPS) is 24.3. The Morgan fingerprint density at radius 1 is 1.11 bits per heavy atom. The van der Waals surface area contributed by atoms with Crippen LogP contribution < -0.4 is 10.6 Å². The van der Waals surface area contributed by atoms with E-state index in [9.17, 15) is 22.8 Å². The summed E-state index contributed by atoms with van der Waals surface area (Å²) < 4.78 is 47.0. The van der Waals surface area contributed by atoms with Gasteiger partial charge >= 0.3 is 6.18 Å². The van der Waals surface area contributed by atoms with Gasteiger partial charge in [0.1, 0.15) is 0 Å².